The van der Waals surface area contributed by atoms with E-state index in [9.17, 15) is 4.79 Å². The summed E-state index contributed by atoms with van der Waals surface area (Å²) in [6.07, 6.45) is 2.08. The van der Waals surface area contributed by atoms with Gasteiger partial charge >= 0.3 is 0 Å². The van der Waals surface area contributed by atoms with Crippen molar-refractivity contribution in [2.24, 2.45) is 0 Å². The van der Waals surface area contributed by atoms with Crippen LogP contribution in [0.5, 0.6) is 0 Å². The number of carbonyl (C=O) groups excluding carboxylic acids is 1. The molecule has 0 saturated carbocycles. The van der Waals surface area contributed by atoms with Gasteiger partial charge in [0, 0.05) is 11.6 Å². The van der Waals surface area contributed by atoms with E-state index in [0.717, 1.165) is 28.0 Å². The summed E-state index contributed by atoms with van der Waals surface area (Å²) in [6, 6.07) is 25.4. The molecule has 1 unspecified atom stereocenters. The summed E-state index contributed by atoms with van der Waals surface area (Å²) in [5.74, 6) is 0.378. The molecule has 1 N–H and O–H groups in total. The van der Waals surface area contributed by atoms with Crippen molar-refractivity contribution in [1.82, 2.24) is 25.5 Å². The molecular formula is C26H23ClN6O. The summed E-state index contributed by atoms with van der Waals surface area (Å²) < 4.78 is 1.74. The molecule has 2 heterocycles. The maximum absolute atomic E-state index is 13.0. The van der Waals surface area contributed by atoms with Crippen LogP contribution in [-0.4, -0.2) is 32.7 Å². The minimum Gasteiger partial charge on any atom is -0.350 e. The van der Waals surface area contributed by atoms with Gasteiger partial charge in [-0.1, -0.05) is 83.4 Å². The van der Waals surface area contributed by atoms with Crippen LogP contribution in [0.25, 0.3) is 5.70 Å². The smallest absolute Gasteiger partial charge is 0.251 e. The SMILES string of the molecule is Cc1ccccc1CNC(=O)CN1C(c2ccc(Cl)cc2)=CC(c2ccccc2)n2nnnc21. The number of halogens is 1. The zero-order valence-electron chi connectivity index (χ0n) is 18.6. The van der Waals surface area contributed by atoms with Gasteiger partial charge in [0.25, 0.3) is 5.95 Å². The fraction of sp³-hybridized carbons (Fsp3) is 0.154. The normalized spacial score (nSPS) is 14.9. The highest BCUT2D eigenvalue weighted by Gasteiger charge is 2.31. The summed E-state index contributed by atoms with van der Waals surface area (Å²) >= 11 is 6.14. The summed E-state index contributed by atoms with van der Waals surface area (Å²) in [6.45, 7) is 2.56. The van der Waals surface area contributed by atoms with Crippen LogP contribution in [0, 0.1) is 6.92 Å². The van der Waals surface area contributed by atoms with Crippen LogP contribution in [0.2, 0.25) is 5.02 Å². The summed E-state index contributed by atoms with van der Waals surface area (Å²) in [5, 5.41) is 16.1. The van der Waals surface area contributed by atoms with Crippen LogP contribution in [0.3, 0.4) is 0 Å². The third kappa shape index (κ3) is 4.43. The van der Waals surface area contributed by atoms with Crippen molar-refractivity contribution in [2.75, 3.05) is 11.4 Å². The van der Waals surface area contributed by atoms with Crippen molar-refractivity contribution in [2.45, 2.75) is 19.5 Å². The van der Waals surface area contributed by atoms with E-state index in [1.165, 1.54) is 0 Å². The number of hydrogen-bond donors (Lipinski definition) is 1. The van der Waals surface area contributed by atoms with Crippen molar-refractivity contribution in [1.29, 1.82) is 0 Å². The molecule has 1 aliphatic heterocycles. The lowest BCUT2D eigenvalue weighted by molar-refractivity contribution is -0.119. The van der Waals surface area contributed by atoms with E-state index in [-0.39, 0.29) is 18.5 Å². The van der Waals surface area contributed by atoms with Gasteiger partial charge in [-0.3, -0.25) is 9.69 Å². The van der Waals surface area contributed by atoms with Crippen LogP contribution in [-0.2, 0) is 11.3 Å². The van der Waals surface area contributed by atoms with Gasteiger partial charge in [-0.05, 0) is 57.8 Å². The van der Waals surface area contributed by atoms with Crippen LogP contribution in [0.15, 0.2) is 84.9 Å². The third-order valence-corrected chi connectivity index (χ3v) is 6.16. The molecule has 4 aromatic rings. The molecule has 0 fully saturated rings. The molecule has 1 atom stereocenters. The monoisotopic (exact) mass is 470 g/mol. The topological polar surface area (TPSA) is 75.9 Å². The minimum atomic E-state index is -0.205. The van der Waals surface area contributed by atoms with Gasteiger partial charge in [0.1, 0.15) is 12.6 Å². The Labute approximate surface area is 202 Å². The van der Waals surface area contributed by atoms with Gasteiger partial charge in [-0.2, -0.15) is 4.68 Å². The molecule has 3 aromatic carbocycles. The number of tetrazole rings is 1. The molecule has 1 amide bonds. The maximum atomic E-state index is 13.0. The molecule has 34 heavy (non-hydrogen) atoms. The predicted molar refractivity (Wildman–Crippen MR) is 132 cm³/mol. The summed E-state index contributed by atoms with van der Waals surface area (Å²) in [5.41, 5.74) is 5.03. The molecular weight excluding hydrogens is 448 g/mol. The molecule has 0 spiro atoms. The molecule has 0 aliphatic carbocycles. The number of rotatable bonds is 6. The van der Waals surface area contributed by atoms with Crippen LogP contribution >= 0.6 is 11.6 Å². The van der Waals surface area contributed by atoms with Gasteiger partial charge in [-0.25, -0.2) is 0 Å². The number of benzene rings is 3. The molecule has 0 bridgehead atoms. The Bertz CT molecular complexity index is 1330. The highest BCUT2D eigenvalue weighted by Crippen LogP contribution is 2.36. The maximum Gasteiger partial charge on any atom is 0.251 e. The van der Waals surface area contributed by atoms with Gasteiger partial charge in [-0.15, -0.1) is 0 Å². The number of carbonyl (C=O) groups is 1. The number of nitrogens with zero attached hydrogens (tertiary/aromatic N) is 5. The van der Waals surface area contributed by atoms with Crippen LogP contribution in [0.4, 0.5) is 5.95 Å². The van der Waals surface area contributed by atoms with Crippen molar-refractivity contribution in [3.63, 3.8) is 0 Å². The van der Waals surface area contributed by atoms with E-state index in [4.69, 9.17) is 11.6 Å². The molecule has 0 saturated heterocycles. The average Bonchev–Trinajstić information content (AvgIpc) is 3.35. The molecule has 170 valence electrons. The highest BCUT2D eigenvalue weighted by molar-refractivity contribution is 6.30. The van der Waals surface area contributed by atoms with Gasteiger partial charge in [0.05, 0.1) is 5.70 Å². The first-order valence-corrected chi connectivity index (χ1v) is 11.4. The van der Waals surface area contributed by atoms with Crippen LogP contribution in [0.1, 0.15) is 28.3 Å². The van der Waals surface area contributed by atoms with Gasteiger partial charge < -0.3 is 5.32 Å². The van der Waals surface area contributed by atoms with E-state index in [2.05, 4.69) is 26.9 Å². The van der Waals surface area contributed by atoms with Gasteiger partial charge in [0.15, 0.2) is 0 Å². The van der Waals surface area contributed by atoms with E-state index in [1.807, 2.05) is 90.7 Å². The number of amides is 1. The number of hydrogen-bond acceptors (Lipinski definition) is 5. The van der Waals surface area contributed by atoms with Crippen molar-refractivity contribution < 1.29 is 4.79 Å². The predicted octanol–water partition coefficient (Wildman–Crippen LogP) is 4.40. The van der Waals surface area contributed by atoms with Gasteiger partial charge in [0.2, 0.25) is 5.91 Å². The van der Waals surface area contributed by atoms with Crippen molar-refractivity contribution >= 4 is 29.2 Å². The number of anilines is 1. The molecule has 1 aliphatic rings. The second kappa shape index (κ2) is 9.49. The van der Waals surface area contributed by atoms with Crippen LogP contribution < -0.4 is 10.2 Å². The number of fused-ring (bicyclic) bond motifs is 1. The van der Waals surface area contributed by atoms with Crippen molar-refractivity contribution in [3.05, 3.63) is 112 Å². The quantitative estimate of drug-likeness (QED) is 0.452. The van der Waals surface area contributed by atoms with E-state index in [0.29, 0.717) is 17.5 Å². The summed E-state index contributed by atoms with van der Waals surface area (Å²) in [7, 11) is 0. The minimum absolute atomic E-state index is 0.0717. The molecule has 8 heteroatoms. The lowest BCUT2D eigenvalue weighted by Crippen LogP contribution is -2.40. The third-order valence-electron chi connectivity index (χ3n) is 5.91. The molecule has 1 aromatic heterocycles. The first-order chi connectivity index (χ1) is 16.6. The Kier molecular flexibility index (Phi) is 6.10. The Morgan fingerprint density at radius 2 is 1.74 bits per heavy atom. The Balaban J connectivity index is 1.47. The lowest BCUT2D eigenvalue weighted by Gasteiger charge is -2.32. The second-order valence-electron chi connectivity index (χ2n) is 8.13. The Morgan fingerprint density at radius 3 is 2.50 bits per heavy atom. The fourth-order valence-corrected chi connectivity index (χ4v) is 4.21. The molecule has 7 nitrogen and oxygen atoms in total. The standard InChI is InChI=1S/C26H23ClN6O/c1-18-7-5-6-10-21(18)16-28-25(34)17-32-23(20-11-13-22(27)14-12-20)15-24(19-8-3-2-4-9-19)33-26(32)29-30-31-33/h2-15,24H,16-17H2,1H3,(H,28,34). The zero-order valence-corrected chi connectivity index (χ0v) is 19.4. The van der Waals surface area contributed by atoms with E-state index in [1.54, 1.807) is 4.68 Å². The molecule has 5 rings (SSSR count). The number of allylic oxidation sites excluding steroid dienone is 1. The first kappa shape index (κ1) is 21.9. The summed E-state index contributed by atoms with van der Waals surface area (Å²) in [4.78, 5) is 14.9. The zero-order chi connectivity index (χ0) is 23.5. The number of aromatic nitrogens is 4. The Morgan fingerprint density at radius 1 is 1.00 bits per heavy atom. The van der Waals surface area contributed by atoms with E-state index >= 15 is 0 Å². The number of aryl methyl sites for hydroxylation is 1. The highest BCUT2D eigenvalue weighted by atomic mass is 35.5. The average molecular weight is 471 g/mol. The number of nitrogens with one attached hydrogen (secondary N) is 1. The lowest BCUT2D eigenvalue weighted by atomic mass is 10.0. The van der Waals surface area contributed by atoms with Crippen molar-refractivity contribution in [3.8, 4) is 0 Å². The Hall–Kier alpha value is -3.97. The molecule has 0 radical (unpaired) electrons. The largest absolute Gasteiger partial charge is 0.350 e. The second-order valence-corrected chi connectivity index (χ2v) is 8.56. The first-order valence-electron chi connectivity index (χ1n) is 11.0. The fourth-order valence-electron chi connectivity index (χ4n) is 4.08. The van der Waals surface area contributed by atoms with E-state index < -0.39 is 0 Å².